The minimum Gasteiger partial charge on any atom is -0.489 e. The average Bonchev–Trinajstić information content (AvgIpc) is 3.19. The number of ether oxygens (including phenoxy) is 2. The minimum atomic E-state index is -0.174. The molecule has 33 heavy (non-hydrogen) atoms. The second kappa shape index (κ2) is 10.4. The van der Waals surface area contributed by atoms with Gasteiger partial charge in [-0.15, -0.1) is 0 Å². The zero-order valence-electron chi connectivity index (χ0n) is 19.1. The fraction of sp³-hybridized carbons (Fsp3) is 0.400. The Bertz CT molecular complexity index is 1130. The fourth-order valence-corrected chi connectivity index (χ4v) is 4.12. The normalized spacial score (nSPS) is 14.1. The summed E-state index contributed by atoms with van der Waals surface area (Å²) in [7, 11) is 0. The van der Waals surface area contributed by atoms with Gasteiger partial charge >= 0.3 is 5.97 Å². The Labute approximate surface area is 198 Å². The third kappa shape index (κ3) is 5.72. The Kier molecular flexibility index (Phi) is 7.30. The summed E-state index contributed by atoms with van der Waals surface area (Å²) in [6, 6.07) is 11.7. The summed E-state index contributed by atoms with van der Waals surface area (Å²) in [6.07, 6.45) is 1.77. The summed E-state index contributed by atoms with van der Waals surface area (Å²) in [6.45, 7) is 8.09. The van der Waals surface area contributed by atoms with Crippen LogP contribution in [-0.4, -0.2) is 53.4 Å². The van der Waals surface area contributed by atoms with Crippen molar-refractivity contribution < 1.29 is 18.8 Å². The number of nitrogens with zero attached hydrogens (tertiary/aromatic N) is 3. The van der Waals surface area contributed by atoms with Crippen molar-refractivity contribution in [2.75, 3.05) is 26.2 Å². The van der Waals surface area contributed by atoms with Crippen molar-refractivity contribution >= 4 is 17.6 Å². The fourth-order valence-electron chi connectivity index (χ4n) is 3.90. The van der Waals surface area contributed by atoms with Gasteiger partial charge in [0.25, 0.3) is 5.89 Å². The van der Waals surface area contributed by atoms with E-state index in [-0.39, 0.29) is 12.1 Å². The Morgan fingerprint density at radius 2 is 1.88 bits per heavy atom. The van der Waals surface area contributed by atoms with Crippen molar-refractivity contribution in [3.05, 3.63) is 52.5 Å². The highest BCUT2D eigenvalue weighted by molar-refractivity contribution is 6.32. The van der Waals surface area contributed by atoms with Crippen molar-refractivity contribution in [2.24, 2.45) is 0 Å². The third-order valence-electron chi connectivity index (χ3n) is 5.48. The average molecular weight is 470 g/mol. The zero-order valence-corrected chi connectivity index (χ0v) is 19.9. The van der Waals surface area contributed by atoms with Crippen LogP contribution < -0.4 is 4.74 Å². The predicted molar refractivity (Wildman–Crippen MR) is 126 cm³/mol. The first-order valence-electron chi connectivity index (χ1n) is 11.2. The second-order valence-electron chi connectivity index (χ2n) is 8.30. The second-order valence-corrected chi connectivity index (χ2v) is 8.71. The first-order chi connectivity index (χ1) is 15.9. The van der Waals surface area contributed by atoms with Gasteiger partial charge in [-0.05, 0) is 69.0 Å². The molecule has 174 valence electrons. The molecule has 0 saturated heterocycles. The summed E-state index contributed by atoms with van der Waals surface area (Å²) in [5, 5.41) is 4.68. The molecule has 4 rings (SSSR count). The molecular weight excluding hydrogens is 442 g/mol. The monoisotopic (exact) mass is 469 g/mol. The summed E-state index contributed by atoms with van der Waals surface area (Å²) in [5.74, 6) is 1.38. The van der Waals surface area contributed by atoms with E-state index >= 15 is 0 Å². The number of hydrogen-bond donors (Lipinski definition) is 0. The van der Waals surface area contributed by atoms with Crippen LogP contribution in [0.1, 0.15) is 31.9 Å². The maximum atomic E-state index is 11.8. The van der Waals surface area contributed by atoms with Crippen LogP contribution in [0.4, 0.5) is 0 Å². The number of carbonyl (C=O) groups excluding carboxylic acids is 1. The summed E-state index contributed by atoms with van der Waals surface area (Å²) in [5.41, 5.74) is 4.15. The third-order valence-corrected chi connectivity index (χ3v) is 5.78. The van der Waals surface area contributed by atoms with Gasteiger partial charge in [0.1, 0.15) is 5.75 Å². The molecule has 0 spiro atoms. The van der Waals surface area contributed by atoms with Crippen LogP contribution in [0.3, 0.4) is 0 Å². The summed E-state index contributed by atoms with van der Waals surface area (Å²) < 4.78 is 16.3. The van der Waals surface area contributed by atoms with E-state index in [0.29, 0.717) is 35.6 Å². The Hall–Kier alpha value is -2.90. The van der Waals surface area contributed by atoms with Crippen LogP contribution in [0, 0.1) is 0 Å². The van der Waals surface area contributed by atoms with Crippen molar-refractivity contribution in [2.45, 2.75) is 39.7 Å². The van der Waals surface area contributed by atoms with Gasteiger partial charge in [-0.1, -0.05) is 28.9 Å². The Morgan fingerprint density at radius 1 is 1.12 bits per heavy atom. The van der Waals surface area contributed by atoms with Crippen molar-refractivity contribution in [3.8, 4) is 28.6 Å². The number of halogens is 1. The molecule has 8 heteroatoms. The summed E-state index contributed by atoms with van der Waals surface area (Å²) in [4.78, 5) is 18.6. The lowest BCUT2D eigenvalue weighted by Crippen LogP contribution is -2.33. The molecule has 1 aliphatic rings. The Morgan fingerprint density at radius 3 is 2.61 bits per heavy atom. The van der Waals surface area contributed by atoms with Gasteiger partial charge in [-0.2, -0.15) is 4.98 Å². The number of rotatable bonds is 7. The number of fused-ring (bicyclic) bond motifs is 1. The lowest BCUT2D eigenvalue weighted by Gasteiger charge is -2.18. The van der Waals surface area contributed by atoms with Crippen LogP contribution in [0.25, 0.3) is 22.8 Å². The lowest BCUT2D eigenvalue weighted by molar-refractivity contribution is -0.144. The predicted octanol–water partition coefficient (Wildman–Crippen LogP) is 4.81. The number of esters is 1. The highest BCUT2D eigenvalue weighted by Gasteiger charge is 2.19. The molecule has 1 aliphatic heterocycles. The molecule has 0 radical (unpaired) electrons. The van der Waals surface area contributed by atoms with Gasteiger partial charge < -0.3 is 14.0 Å². The number of hydrogen-bond acceptors (Lipinski definition) is 7. The molecule has 0 unspecified atom stereocenters. The molecule has 1 aromatic heterocycles. The summed E-state index contributed by atoms with van der Waals surface area (Å²) >= 11 is 6.36. The van der Waals surface area contributed by atoms with Gasteiger partial charge in [0.05, 0.1) is 24.3 Å². The maximum absolute atomic E-state index is 11.8. The largest absolute Gasteiger partial charge is 0.489 e. The molecule has 7 nitrogen and oxygen atoms in total. The van der Waals surface area contributed by atoms with Crippen LogP contribution >= 0.6 is 11.6 Å². The molecule has 0 aliphatic carbocycles. The molecular formula is C25H28ClN3O4. The topological polar surface area (TPSA) is 77.7 Å². The highest BCUT2D eigenvalue weighted by atomic mass is 35.5. The van der Waals surface area contributed by atoms with E-state index in [9.17, 15) is 4.79 Å². The molecule has 0 fully saturated rings. The van der Waals surface area contributed by atoms with E-state index < -0.39 is 0 Å². The van der Waals surface area contributed by atoms with Crippen LogP contribution in [0.2, 0.25) is 5.02 Å². The first kappa shape index (κ1) is 23.3. The molecule has 2 heterocycles. The van der Waals surface area contributed by atoms with Crippen molar-refractivity contribution in [1.82, 2.24) is 15.0 Å². The molecule has 2 aromatic carbocycles. The molecule has 0 N–H and O–H groups in total. The molecule has 3 aromatic rings. The lowest BCUT2D eigenvalue weighted by atomic mass is 10.00. The standard InChI is InChI=1S/C25H28ClN3O4/c1-4-31-23(30)15-29-11-9-17-5-6-19(13-18(17)10-12-29)24-27-25(33-28-24)20-7-8-22(21(26)14-20)32-16(2)3/h5-8,13-14,16H,4,9-12,15H2,1-3H3. The van der Waals surface area contributed by atoms with Gasteiger partial charge in [0, 0.05) is 24.2 Å². The molecule has 0 saturated carbocycles. The van der Waals surface area contributed by atoms with Gasteiger partial charge in [0.2, 0.25) is 5.82 Å². The van der Waals surface area contributed by atoms with E-state index in [2.05, 4.69) is 27.2 Å². The molecule has 0 atom stereocenters. The minimum absolute atomic E-state index is 0.0359. The number of benzene rings is 2. The van der Waals surface area contributed by atoms with E-state index in [0.717, 1.165) is 37.1 Å². The van der Waals surface area contributed by atoms with Crippen LogP contribution in [-0.2, 0) is 22.4 Å². The highest BCUT2D eigenvalue weighted by Crippen LogP contribution is 2.31. The van der Waals surface area contributed by atoms with Crippen LogP contribution in [0.15, 0.2) is 40.9 Å². The number of carbonyl (C=O) groups is 1. The van der Waals surface area contributed by atoms with E-state index in [1.807, 2.05) is 39.0 Å². The van der Waals surface area contributed by atoms with Crippen molar-refractivity contribution in [3.63, 3.8) is 0 Å². The Balaban J connectivity index is 1.48. The van der Waals surface area contributed by atoms with Crippen LogP contribution in [0.5, 0.6) is 5.75 Å². The maximum Gasteiger partial charge on any atom is 0.320 e. The van der Waals surface area contributed by atoms with E-state index in [1.54, 1.807) is 6.07 Å². The van der Waals surface area contributed by atoms with E-state index in [4.69, 9.17) is 25.6 Å². The molecule has 0 bridgehead atoms. The number of aromatic nitrogens is 2. The van der Waals surface area contributed by atoms with Gasteiger partial charge in [-0.3, -0.25) is 9.69 Å². The van der Waals surface area contributed by atoms with E-state index in [1.165, 1.54) is 11.1 Å². The zero-order chi connectivity index (χ0) is 23.4. The molecule has 0 amide bonds. The van der Waals surface area contributed by atoms with Gasteiger partial charge in [0.15, 0.2) is 0 Å². The first-order valence-corrected chi connectivity index (χ1v) is 11.6. The quantitative estimate of drug-likeness (QED) is 0.459. The van der Waals surface area contributed by atoms with Crippen molar-refractivity contribution in [1.29, 1.82) is 0 Å². The smallest absolute Gasteiger partial charge is 0.320 e. The SMILES string of the molecule is CCOC(=O)CN1CCc2ccc(-c3noc(-c4ccc(OC(C)C)c(Cl)c4)n3)cc2CC1. The van der Waals surface area contributed by atoms with Gasteiger partial charge in [-0.25, -0.2) is 0 Å².